The first-order valence-electron chi connectivity index (χ1n) is 8.29. The van der Waals surface area contributed by atoms with Crippen molar-refractivity contribution in [1.29, 1.82) is 0 Å². The Morgan fingerprint density at radius 3 is 2.91 bits per heavy atom. The molecule has 0 aromatic carbocycles. The summed E-state index contributed by atoms with van der Waals surface area (Å²) in [4.78, 5) is 14.6. The van der Waals surface area contributed by atoms with E-state index in [9.17, 15) is 4.79 Å². The molecule has 1 aliphatic rings. The molecule has 1 fully saturated rings. The number of carbonyl (C=O) groups excluding carboxylic acids is 1. The Morgan fingerprint density at radius 2 is 2.17 bits per heavy atom. The molecule has 1 aliphatic heterocycles. The van der Waals surface area contributed by atoms with Gasteiger partial charge in [-0.25, -0.2) is 4.79 Å². The van der Waals surface area contributed by atoms with E-state index < -0.39 is 0 Å². The summed E-state index contributed by atoms with van der Waals surface area (Å²) >= 11 is 0. The number of hydrogen-bond donors (Lipinski definition) is 0. The zero-order valence-electron chi connectivity index (χ0n) is 14.0. The van der Waals surface area contributed by atoms with E-state index in [0.29, 0.717) is 23.4 Å². The highest BCUT2D eigenvalue weighted by Gasteiger charge is 2.27. The van der Waals surface area contributed by atoms with Gasteiger partial charge in [0.1, 0.15) is 11.5 Å². The number of esters is 1. The van der Waals surface area contributed by atoms with Crippen LogP contribution in [0.1, 0.15) is 49.4 Å². The lowest BCUT2D eigenvalue weighted by Crippen LogP contribution is -2.45. The number of methoxy groups -OCH3 is 1. The summed E-state index contributed by atoms with van der Waals surface area (Å²) in [6.07, 6.45) is 4.46. The van der Waals surface area contributed by atoms with Crippen LogP contribution in [-0.4, -0.2) is 51.2 Å². The second-order valence-electron chi connectivity index (χ2n) is 6.40. The monoisotopic (exact) mass is 316 g/mol. The Kier molecular flexibility index (Phi) is 4.61. The quantitative estimate of drug-likeness (QED) is 0.810. The van der Waals surface area contributed by atoms with Crippen LogP contribution in [0.3, 0.4) is 0 Å². The predicted molar refractivity (Wildman–Crippen MR) is 87.5 cm³/mol. The van der Waals surface area contributed by atoms with Gasteiger partial charge in [-0.3, -0.25) is 9.30 Å². The van der Waals surface area contributed by atoms with Gasteiger partial charge in [0, 0.05) is 18.5 Å². The number of fused-ring (bicyclic) bond motifs is 1. The van der Waals surface area contributed by atoms with Crippen molar-refractivity contribution in [3.63, 3.8) is 0 Å². The van der Waals surface area contributed by atoms with Crippen LogP contribution < -0.4 is 0 Å². The fourth-order valence-electron chi connectivity index (χ4n) is 3.53. The van der Waals surface area contributed by atoms with E-state index in [1.165, 1.54) is 20.0 Å². The van der Waals surface area contributed by atoms with Crippen molar-refractivity contribution in [2.45, 2.75) is 51.6 Å². The highest BCUT2D eigenvalue weighted by atomic mass is 16.5. The molecule has 6 nitrogen and oxygen atoms in total. The minimum absolute atomic E-state index is 0.360. The summed E-state index contributed by atoms with van der Waals surface area (Å²) in [7, 11) is 1.40. The number of rotatable bonds is 4. The van der Waals surface area contributed by atoms with E-state index in [4.69, 9.17) is 4.74 Å². The summed E-state index contributed by atoms with van der Waals surface area (Å²) in [5.74, 6) is 0.472. The number of hydrogen-bond acceptors (Lipinski definition) is 5. The van der Waals surface area contributed by atoms with Gasteiger partial charge in [-0.15, -0.1) is 10.2 Å². The average molecular weight is 316 g/mol. The van der Waals surface area contributed by atoms with Crippen LogP contribution in [0.5, 0.6) is 0 Å². The molecule has 6 heteroatoms. The number of ether oxygens (including phenoxy) is 1. The third-order valence-electron chi connectivity index (χ3n) is 4.64. The zero-order valence-corrected chi connectivity index (χ0v) is 14.0. The molecule has 0 aliphatic carbocycles. The second kappa shape index (κ2) is 6.66. The number of likely N-dealkylation sites (tertiary alicyclic amines) is 1. The molecule has 3 rings (SSSR count). The van der Waals surface area contributed by atoms with E-state index in [0.717, 1.165) is 25.2 Å². The maximum absolute atomic E-state index is 12.0. The third kappa shape index (κ3) is 3.08. The van der Waals surface area contributed by atoms with E-state index in [-0.39, 0.29) is 5.97 Å². The van der Waals surface area contributed by atoms with Gasteiger partial charge in [-0.2, -0.15) is 0 Å². The number of aromatic nitrogens is 3. The highest BCUT2D eigenvalue weighted by molar-refractivity contribution is 5.88. The molecule has 23 heavy (non-hydrogen) atoms. The number of nitrogens with zero attached hydrogens (tertiary/aromatic N) is 4. The van der Waals surface area contributed by atoms with Gasteiger partial charge in [-0.05, 0) is 45.4 Å². The molecule has 0 N–H and O–H groups in total. The minimum atomic E-state index is -0.360. The molecule has 0 bridgehead atoms. The Labute approximate surface area is 136 Å². The normalized spacial score (nSPS) is 19.4. The van der Waals surface area contributed by atoms with Gasteiger partial charge in [0.2, 0.25) is 0 Å². The first kappa shape index (κ1) is 15.9. The molecule has 3 heterocycles. The molecule has 0 amide bonds. The summed E-state index contributed by atoms with van der Waals surface area (Å²) < 4.78 is 6.72. The van der Waals surface area contributed by atoms with Gasteiger partial charge in [0.05, 0.1) is 7.11 Å². The fourth-order valence-corrected chi connectivity index (χ4v) is 3.53. The van der Waals surface area contributed by atoms with Crippen molar-refractivity contribution >= 4 is 11.6 Å². The van der Waals surface area contributed by atoms with Crippen LogP contribution in [-0.2, 0) is 11.2 Å². The Hall–Kier alpha value is -1.95. The Morgan fingerprint density at radius 1 is 1.35 bits per heavy atom. The van der Waals surface area contributed by atoms with Crippen LogP contribution in [0, 0.1) is 0 Å². The summed E-state index contributed by atoms with van der Waals surface area (Å²) in [5.41, 5.74) is 1.17. The summed E-state index contributed by atoms with van der Waals surface area (Å²) in [6.45, 7) is 5.60. The van der Waals surface area contributed by atoms with Crippen molar-refractivity contribution in [1.82, 2.24) is 19.5 Å². The van der Waals surface area contributed by atoms with Crippen LogP contribution >= 0.6 is 0 Å². The topological polar surface area (TPSA) is 59.7 Å². The zero-order chi connectivity index (χ0) is 16.4. The summed E-state index contributed by atoms with van der Waals surface area (Å²) in [6, 6.07) is 6.39. The minimum Gasteiger partial charge on any atom is -0.464 e. The number of pyridine rings is 1. The smallest absolute Gasteiger partial charge is 0.355 e. The standard InChI is InChI=1S/C17H24N4O2/c1-12(2)20-10-5-4-7-13(20)11-16-19-18-15-9-6-8-14(21(15)16)17(22)23-3/h6,8-9,12-13H,4-5,7,10-11H2,1-3H3. The van der Waals surface area contributed by atoms with Crippen LogP contribution in [0.25, 0.3) is 5.65 Å². The van der Waals surface area contributed by atoms with Gasteiger partial charge in [0.25, 0.3) is 0 Å². The molecule has 1 saturated heterocycles. The van der Waals surface area contributed by atoms with Gasteiger partial charge in [-0.1, -0.05) is 12.5 Å². The van der Waals surface area contributed by atoms with Crippen LogP contribution in [0.4, 0.5) is 0 Å². The number of carbonyl (C=O) groups is 1. The van der Waals surface area contributed by atoms with Crippen molar-refractivity contribution in [3.8, 4) is 0 Å². The van der Waals surface area contributed by atoms with E-state index in [1.807, 2.05) is 10.5 Å². The lowest BCUT2D eigenvalue weighted by atomic mass is 9.97. The maximum atomic E-state index is 12.0. The van der Waals surface area contributed by atoms with Gasteiger partial charge < -0.3 is 4.74 Å². The molecule has 0 spiro atoms. The first-order chi connectivity index (χ1) is 11.1. The van der Waals surface area contributed by atoms with Crippen LogP contribution in [0.2, 0.25) is 0 Å². The number of piperidine rings is 1. The SMILES string of the molecule is COC(=O)c1cccc2nnc(CC3CCCCN3C(C)C)n12. The average Bonchev–Trinajstić information content (AvgIpc) is 2.97. The molecule has 1 unspecified atom stereocenters. The molecule has 124 valence electrons. The highest BCUT2D eigenvalue weighted by Crippen LogP contribution is 2.23. The molecular weight excluding hydrogens is 292 g/mol. The second-order valence-corrected chi connectivity index (χ2v) is 6.40. The lowest BCUT2D eigenvalue weighted by Gasteiger charge is -2.38. The third-order valence-corrected chi connectivity index (χ3v) is 4.64. The molecular formula is C17H24N4O2. The van der Waals surface area contributed by atoms with Crippen molar-refractivity contribution in [2.75, 3.05) is 13.7 Å². The molecule has 2 aromatic rings. The van der Waals surface area contributed by atoms with Crippen molar-refractivity contribution in [2.24, 2.45) is 0 Å². The molecule has 1 atom stereocenters. The Balaban J connectivity index is 1.95. The van der Waals surface area contributed by atoms with Crippen LogP contribution in [0.15, 0.2) is 18.2 Å². The lowest BCUT2D eigenvalue weighted by molar-refractivity contribution is 0.0591. The Bertz CT molecular complexity index is 695. The van der Waals surface area contributed by atoms with Crippen molar-refractivity contribution < 1.29 is 9.53 Å². The maximum Gasteiger partial charge on any atom is 0.355 e. The van der Waals surface area contributed by atoms with E-state index in [2.05, 4.69) is 28.9 Å². The van der Waals surface area contributed by atoms with E-state index in [1.54, 1.807) is 12.1 Å². The summed E-state index contributed by atoms with van der Waals surface area (Å²) in [5, 5.41) is 8.56. The predicted octanol–water partition coefficient (Wildman–Crippen LogP) is 2.32. The van der Waals surface area contributed by atoms with E-state index >= 15 is 0 Å². The molecule has 2 aromatic heterocycles. The first-order valence-corrected chi connectivity index (χ1v) is 8.29. The molecule has 0 radical (unpaired) electrons. The van der Waals surface area contributed by atoms with Crippen molar-refractivity contribution in [3.05, 3.63) is 29.7 Å². The van der Waals surface area contributed by atoms with Gasteiger partial charge >= 0.3 is 5.97 Å². The fraction of sp³-hybridized carbons (Fsp3) is 0.588. The van der Waals surface area contributed by atoms with Gasteiger partial charge in [0.15, 0.2) is 5.65 Å². The molecule has 0 saturated carbocycles. The largest absolute Gasteiger partial charge is 0.464 e.